The van der Waals surface area contributed by atoms with Gasteiger partial charge in [-0.15, -0.1) is 0 Å². The first-order chi connectivity index (χ1) is 17.8. The van der Waals surface area contributed by atoms with Crippen LogP contribution in [0.25, 0.3) is 16.8 Å². The van der Waals surface area contributed by atoms with Crippen LogP contribution in [0.2, 0.25) is 5.02 Å². The molecule has 6 rings (SSSR count). The van der Waals surface area contributed by atoms with E-state index in [1.165, 1.54) is 0 Å². The lowest BCUT2D eigenvalue weighted by molar-refractivity contribution is 0.0646. The van der Waals surface area contributed by atoms with E-state index in [1.54, 1.807) is 29.3 Å². The van der Waals surface area contributed by atoms with Crippen molar-refractivity contribution in [3.63, 3.8) is 0 Å². The van der Waals surface area contributed by atoms with E-state index in [9.17, 15) is 0 Å². The number of hydrogen-bond acceptors (Lipinski definition) is 8. The first-order valence-electron chi connectivity index (χ1n) is 12.2. The first kappa shape index (κ1) is 23.7. The van der Waals surface area contributed by atoms with E-state index in [0.717, 1.165) is 43.2 Å². The van der Waals surface area contributed by atoms with E-state index < -0.39 is 0 Å². The lowest BCUT2D eigenvalue weighted by Gasteiger charge is -2.28. The molecule has 1 aliphatic rings. The normalized spacial score (nSPS) is 15.1. The Balaban J connectivity index is 1.32. The summed E-state index contributed by atoms with van der Waals surface area (Å²) in [7, 11) is 1.88. The minimum Gasteiger partial charge on any atom is -0.451 e. The number of ether oxygens (including phenoxy) is 2. The summed E-state index contributed by atoms with van der Waals surface area (Å²) in [5, 5.41) is 12.9. The van der Waals surface area contributed by atoms with E-state index in [0.29, 0.717) is 39.7 Å². The van der Waals surface area contributed by atoms with Gasteiger partial charge in [0.25, 0.3) is 0 Å². The molecule has 0 atom stereocenters. The van der Waals surface area contributed by atoms with Gasteiger partial charge in [-0.25, -0.2) is 14.5 Å². The summed E-state index contributed by atoms with van der Waals surface area (Å²) in [5.41, 5.74) is 2.97. The van der Waals surface area contributed by atoms with Gasteiger partial charge in [0.15, 0.2) is 28.6 Å². The molecular weight excluding hydrogens is 494 g/mol. The highest BCUT2D eigenvalue weighted by Crippen LogP contribution is 2.36. The molecule has 0 bridgehead atoms. The summed E-state index contributed by atoms with van der Waals surface area (Å²) in [6.45, 7) is 8.10. The second kappa shape index (κ2) is 9.00. The Bertz CT molecular complexity index is 1590. The maximum atomic E-state index is 6.77. The SMILES string of the molecule is Cn1c(Nc2cc(C(C)(C)C)n(C3CCOCC3)n2)nc2ncc(Oc3cnc4ccnn4c3)c(Cl)c21. The number of nitrogens with zero attached hydrogens (tertiary/aromatic N) is 8. The average Bonchev–Trinajstić information content (AvgIpc) is 3.59. The maximum Gasteiger partial charge on any atom is 0.210 e. The number of nitrogens with one attached hydrogen (secondary N) is 1. The van der Waals surface area contributed by atoms with E-state index >= 15 is 0 Å². The number of imidazole rings is 1. The van der Waals surface area contributed by atoms with Crippen molar-refractivity contribution < 1.29 is 9.47 Å². The number of hydrogen-bond donors (Lipinski definition) is 1. The van der Waals surface area contributed by atoms with Gasteiger partial charge in [0.2, 0.25) is 5.95 Å². The standard InChI is InChI=1S/C25H28ClN9O2/c1-25(2,3)18-11-19(32-35(18)15-6-9-36-10-7-15)30-24-31-23-22(33(24)4)21(26)17(13-28-23)37-16-12-27-20-5-8-29-34(20)14-16/h5,8,11-15H,6-7,9-10H2,1-4H3,(H,28,30,31,32). The van der Waals surface area contributed by atoms with Crippen molar-refractivity contribution in [1.82, 2.24) is 38.9 Å². The van der Waals surface area contributed by atoms with Gasteiger partial charge in [0.1, 0.15) is 10.5 Å². The predicted molar refractivity (Wildman–Crippen MR) is 140 cm³/mol. The molecule has 1 fully saturated rings. The highest BCUT2D eigenvalue weighted by Gasteiger charge is 2.27. The second-order valence-electron chi connectivity index (χ2n) is 10.2. The molecule has 37 heavy (non-hydrogen) atoms. The molecule has 0 spiro atoms. The smallest absolute Gasteiger partial charge is 0.210 e. The predicted octanol–water partition coefficient (Wildman–Crippen LogP) is 5.05. The Labute approximate surface area is 218 Å². The Morgan fingerprint density at radius 1 is 1.16 bits per heavy atom. The number of halogens is 1. The Morgan fingerprint density at radius 2 is 1.97 bits per heavy atom. The summed E-state index contributed by atoms with van der Waals surface area (Å²) < 4.78 is 17.2. The minimum absolute atomic E-state index is 0.0667. The van der Waals surface area contributed by atoms with Crippen LogP contribution in [-0.2, 0) is 17.2 Å². The molecule has 11 nitrogen and oxygen atoms in total. The number of fused-ring (bicyclic) bond motifs is 2. The molecule has 5 aromatic rings. The zero-order valence-corrected chi connectivity index (χ0v) is 21.9. The van der Waals surface area contributed by atoms with Crippen LogP contribution < -0.4 is 10.1 Å². The summed E-state index contributed by atoms with van der Waals surface area (Å²) in [4.78, 5) is 13.5. The summed E-state index contributed by atoms with van der Waals surface area (Å²) in [6, 6.07) is 4.22. The van der Waals surface area contributed by atoms with Crippen LogP contribution in [0.1, 0.15) is 45.3 Å². The van der Waals surface area contributed by atoms with Gasteiger partial charge in [-0.3, -0.25) is 4.68 Å². The Morgan fingerprint density at radius 3 is 2.76 bits per heavy atom. The molecule has 0 radical (unpaired) electrons. The van der Waals surface area contributed by atoms with Crippen molar-refractivity contribution in [2.75, 3.05) is 18.5 Å². The molecule has 0 saturated carbocycles. The lowest BCUT2D eigenvalue weighted by Crippen LogP contribution is -2.26. The molecule has 0 amide bonds. The van der Waals surface area contributed by atoms with Crippen LogP contribution in [0, 0.1) is 0 Å². The van der Waals surface area contributed by atoms with Crippen molar-refractivity contribution >= 4 is 40.2 Å². The van der Waals surface area contributed by atoms with E-state index in [-0.39, 0.29) is 5.41 Å². The number of aromatic nitrogens is 8. The molecule has 6 heterocycles. The molecule has 12 heteroatoms. The third-order valence-electron chi connectivity index (χ3n) is 6.54. The number of anilines is 2. The zero-order valence-electron chi connectivity index (χ0n) is 21.1. The van der Waals surface area contributed by atoms with Crippen molar-refractivity contribution in [2.45, 2.75) is 45.1 Å². The fourth-order valence-corrected chi connectivity index (χ4v) is 4.90. The third kappa shape index (κ3) is 4.38. The molecule has 0 aliphatic carbocycles. The summed E-state index contributed by atoms with van der Waals surface area (Å²) in [5.74, 6) is 2.20. The summed E-state index contributed by atoms with van der Waals surface area (Å²) >= 11 is 6.77. The molecule has 1 aliphatic heterocycles. The quantitative estimate of drug-likeness (QED) is 0.342. The van der Waals surface area contributed by atoms with Crippen molar-refractivity contribution in [3.8, 4) is 11.5 Å². The molecule has 1 N–H and O–H groups in total. The van der Waals surface area contributed by atoms with Crippen molar-refractivity contribution in [2.24, 2.45) is 7.05 Å². The number of pyridine rings is 1. The highest BCUT2D eigenvalue weighted by molar-refractivity contribution is 6.36. The van der Waals surface area contributed by atoms with Crippen LogP contribution in [0.3, 0.4) is 0 Å². The van der Waals surface area contributed by atoms with Crippen LogP contribution >= 0.6 is 11.6 Å². The van der Waals surface area contributed by atoms with E-state index in [1.807, 2.05) is 17.7 Å². The minimum atomic E-state index is -0.0667. The van der Waals surface area contributed by atoms with Crippen LogP contribution in [0.5, 0.6) is 11.5 Å². The molecule has 0 unspecified atom stereocenters. The first-order valence-corrected chi connectivity index (χ1v) is 12.6. The van der Waals surface area contributed by atoms with Gasteiger partial charge in [-0.2, -0.15) is 15.2 Å². The van der Waals surface area contributed by atoms with Crippen molar-refractivity contribution in [3.05, 3.63) is 47.6 Å². The van der Waals surface area contributed by atoms with Gasteiger partial charge in [0, 0.05) is 43.5 Å². The fraction of sp³-hybridized carbons (Fsp3) is 0.400. The topological polar surface area (TPSA) is 109 Å². The summed E-state index contributed by atoms with van der Waals surface area (Å²) in [6.07, 6.45) is 8.49. The lowest BCUT2D eigenvalue weighted by atomic mass is 9.91. The van der Waals surface area contributed by atoms with Crippen LogP contribution in [0.15, 0.2) is 36.9 Å². The average molecular weight is 522 g/mol. The van der Waals surface area contributed by atoms with Crippen LogP contribution in [0.4, 0.5) is 11.8 Å². The molecule has 192 valence electrons. The van der Waals surface area contributed by atoms with Gasteiger partial charge in [-0.05, 0) is 12.8 Å². The van der Waals surface area contributed by atoms with E-state index in [2.05, 4.69) is 56.9 Å². The van der Waals surface area contributed by atoms with Gasteiger partial charge in [-0.1, -0.05) is 32.4 Å². The molecule has 5 aromatic heterocycles. The van der Waals surface area contributed by atoms with Crippen LogP contribution in [-0.4, -0.2) is 52.1 Å². The van der Waals surface area contributed by atoms with E-state index in [4.69, 9.17) is 26.2 Å². The zero-order chi connectivity index (χ0) is 25.7. The molecular formula is C25H28ClN9O2. The van der Waals surface area contributed by atoms with Gasteiger partial charge < -0.3 is 19.4 Å². The Kier molecular flexibility index (Phi) is 5.76. The third-order valence-corrected chi connectivity index (χ3v) is 6.90. The highest BCUT2D eigenvalue weighted by atomic mass is 35.5. The Hall–Kier alpha value is -3.70. The van der Waals surface area contributed by atoms with Gasteiger partial charge in [0.05, 0.1) is 30.8 Å². The largest absolute Gasteiger partial charge is 0.451 e. The van der Waals surface area contributed by atoms with Gasteiger partial charge >= 0.3 is 0 Å². The monoisotopic (exact) mass is 521 g/mol. The number of aryl methyl sites for hydroxylation is 1. The number of rotatable bonds is 5. The fourth-order valence-electron chi connectivity index (χ4n) is 4.61. The maximum absolute atomic E-state index is 6.77. The second-order valence-corrected chi connectivity index (χ2v) is 10.6. The molecule has 1 saturated heterocycles. The molecule has 0 aromatic carbocycles. The van der Waals surface area contributed by atoms with Crippen molar-refractivity contribution in [1.29, 1.82) is 0 Å².